The molecule has 0 bridgehead atoms. The summed E-state index contributed by atoms with van der Waals surface area (Å²) in [6, 6.07) is 11.3. The summed E-state index contributed by atoms with van der Waals surface area (Å²) in [5, 5.41) is 14.4. The van der Waals surface area contributed by atoms with E-state index in [2.05, 4.69) is 20.8 Å². The predicted octanol–water partition coefficient (Wildman–Crippen LogP) is 3.68. The maximum absolute atomic E-state index is 12.3. The third-order valence-electron chi connectivity index (χ3n) is 4.46. The Labute approximate surface area is 148 Å². The number of anilines is 2. The Balaban J connectivity index is 1.62. The number of hydrogen-bond acceptors (Lipinski definition) is 5. The van der Waals surface area contributed by atoms with Gasteiger partial charge in [0.05, 0.1) is 12.8 Å². The van der Waals surface area contributed by atoms with Crippen LogP contribution in [0.5, 0.6) is 5.75 Å². The van der Waals surface area contributed by atoms with Crippen molar-refractivity contribution in [3.05, 3.63) is 42.1 Å². The fraction of sp³-hybridized carbons (Fsp3) is 0.421. The van der Waals surface area contributed by atoms with E-state index in [4.69, 9.17) is 4.74 Å². The molecular weight excluding hydrogens is 316 g/mol. The van der Waals surface area contributed by atoms with Crippen LogP contribution in [-0.4, -0.2) is 29.3 Å². The number of rotatable bonds is 5. The molecule has 0 unspecified atom stereocenters. The number of carbonyl (C=O) groups is 1. The summed E-state index contributed by atoms with van der Waals surface area (Å²) < 4.78 is 5.30. The van der Waals surface area contributed by atoms with E-state index in [1.165, 1.54) is 25.7 Å². The molecule has 0 spiro atoms. The van der Waals surface area contributed by atoms with E-state index >= 15 is 0 Å². The van der Waals surface area contributed by atoms with Crippen LogP contribution in [0.1, 0.15) is 49.0 Å². The number of carbonyl (C=O) groups excluding carboxylic acids is 1. The number of aromatic nitrogens is 2. The third-order valence-corrected chi connectivity index (χ3v) is 4.46. The van der Waals surface area contributed by atoms with Gasteiger partial charge in [-0.15, -0.1) is 10.2 Å². The zero-order valence-corrected chi connectivity index (χ0v) is 14.5. The molecule has 2 N–H and O–H groups in total. The van der Waals surface area contributed by atoms with Gasteiger partial charge in [0.2, 0.25) is 0 Å². The molecular formula is C19H24N4O2. The summed E-state index contributed by atoms with van der Waals surface area (Å²) in [5.74, 6) is 1.14. The summed E-state index contributed by atoms with van der Waals surface area (Å²) >= 11 is 0. The van der Waals surface area contributed by atoms with Crippen LogP contribution in [0.2, 0.25) is 0 Å². The Hall–Kier alpha value is -2.63. The van der Waals surface area contributed by atoms with Crippen LogP contribution in [0.25, 0.3) is 0 Å². The molecule has 1 saturated carbocycles. The summed E-state index contributed by atoms with van der Waals surface area (Å²) in [4.78, 5) is 12.3. The van der Waals surface area contributed by atoms with E-state index in [9.17, 15) is 4.79 Å². The fourth-order valence-electron chi connectivity index (χ4n) is 3.09. The van der Waals surface area contributed by atoms with Crippen molar-refractivity contribution in [1.82, 2.24) is 15.5 Å². The van der Waals surface area contributed by atoms with Crippen LogP contribution >= 0.6 is 0 Å². The molecule has 6 nitrogen and oxygen atoms in total. The second-order valence-electron chi connectivity index (χ2n) is 6.29. The number of methoxy groups -OCH3 is 1. The monoisotopic (exact) mass is 340 g/mol. The van der Waals surface area contributed by atoms with E-state index in [0.29, 0.717) is 11.5 Å². The molecule has 25 heavy (non-hydrogen) atoms. The van der Waals surface area contributed by atoms with Crippen molar-refractivity contribution in [3.8, 4) is 5.75 Å². The van der Waals surface area contributed by atoms with Gasteiger partial charge >= 0.3 is 0 Å². The van der Waals surface area contributed by atoms with E-state index < -0.39 is 0 Å². The molecule has 0 saturated heterocycles. The molecule has 6 heteroatoms. The van der Waals surface area contributed by atoms with Gasteiger partial charge in [-0.05, 0) is 37.1 Å². The minimum atomic E-state index is -0.150. The first-order valence-electron chi connectivity index (χ1n) is 8.81. The van der Waals surface area contributed by atoms with Crippen LogP contribution in [0.4, 0.5) is 11.5 Å². The largest absolute Gasteiger partial charge is 0.495 e. The average Bonchev–Trinajstić information content (AvgIpc) is 2.91. The lowest BCUT2D eigenvalue weighted by Gasteiger charge is -2.15. The van der Waals surface area contributed by atoms with Crippen molar-refractivity contribution in [1.29, 1.82) is 0 Å². The lowest BCUT2D eigenvalue weighted by atomic mass is 10.1. The van der Waals surface area contributed by atoms with Gasteiger partial charge in [-0.3, -0.25) is 4.79 Å². The van der Waals surface area contributed by atoms with Crippen molar-refractivity contribution in [2.75, 3.05) is 12.4 Å². The summed E-state index contributed by atoms with van der Waals surface area (Å²) in [5.41, 5.74) is 1.14. The van der Waals surface area contributed by atoms with Gasteiger partial charge in [0.25, 0.3) is 5.91 Å². The molecule has 1 heterocycles. The second-order valence-corrected chi connectivity index (χ2v) is 6.29. The third kappa shape index (κ3) is 4.68. The first-order valence-corrected chi connectivity index (χ1v) is 8.81. The second kappa shape index (κ2) is 8.46. The molecule has 0 atom stereocenters. The Morgan fingerprint density at radius 1 is 1.04 bits per heavy atom. The first kappa shape index (κ1) is 17.2. The number of nitrogens with one attached hydrogen (secondary N) is 2. The number of para-hydroxylation sites is 2. The van der Waals surface area contributed by atoms with Gasteiger partial charge in [-0.2, -0.15) is 0 Å². The lowest BCUT2D eigenvalue weighted by Crippen LogP contribution is -2.35. The van der Waals surface area contributed by atoms with Crippen LogP contribution in [-0.2, 0) is 0 Å². The van der Waals surface area contributed by atoms with Crippen LogP contribution in [0.3, 0.4) is 0 Å². The Morgan fingerprint density at radius 2 is 1.80 bits per heavy atom. The normalized spacial score (nSPS) is 15.2. The molecule has 1 aliphatic rings. The number of benzene rings is 1. The highest BCUT2D eigenvalue weighted by Gasteiger charge is 2.17. The van der Waals surface area contributed by atoms with E-state index in [1.807, 2.05) is 24.3 Å². The molecule has 1 aliphatic carbocycles. The topological polar surface area (TPSA) is 76.1 Å². The molecule has 132 valence electrons. The summed E-state index contributed by atoms with van der Waals surface area (Å²) in [7, 11) is 1.62. The lowest BCUT2D eigenvalue weighted by molar-refractivity contribution is 0.0927. The smallest absolute Gasteiger partial charge is 0.272 e. The molecule has 1 aromatic heterocycles. The Bertz CT molecular complexity index is 695. The molecule has 1 amide bonds. The number of nitrogens with zero attached hydrogens (tertiary/aromatic N) is 2. The molecule has 0 aliphatic heterocycles. The average molecular weight is 340 g/mol. The predicted molar refractivity (Wildman–Crippen MR) is 97.3 cm³/mol. The van der Waals surface area contributed by atoms with E-state index in [-0.39, 0.29) is 11.9 Å². The summed E-state index contributed by atoms with van der Waals surface area (Å²) in [6.45, 7) is 0. The van der Waals surface area contributed by atoms with Gasteiger partial charge in [0.1, 0.15) is 5.75 Å². The standard InChI is InChI=1S/C19H24N4O2/c1-25-17-11-7-6-10-15(17)21-18-13-12-16(22-23-18)19(24)20-14-8-4-2-3-5-9-14/h6-7,10-14H,2-5,8-9H2,1H3,(H,20,24)(H,21,23). The van der Waals surface area contributed by atoms with Gasteiger partial charge < -0.3 is 15.4 Å². The Morgan fingerprint density at radius 3 is 2.48 bits per heavy atom. The van der Waals surface area contributed by atoms with Crippen LogP contribution in [0.15, 0.2) is 36.4 Å². The highest BCUT2D eigenvalue weighted by atomic mass is 16.5. The highest BCUT2D eigenvalue weighted by molar-refractivity contribution is 5.92. The maximum atomic E-state index is 12.3. The van der Waals surface area contributed by atoms with Gasteiger partial charge in [0.15, 0.2) is 11.5 Å². The quantitative estimate of drug-likeness (QED) is 0.812. The molecule has 1 fully saturated rings. The number of hydrogen-bond donors (Lipinski definition) is 2. The van der Waals surface area contributed by atoms with E-state index in [0.717, 1.165) is 24.3 Å². The highest BCUT2D eigenvalue weighted by Crippen LogP contribution is 2.25. The SMILES string of the molecule is COc1ccccc1Nc1ccc(C(=O)NC2CCCCCC2)nn1. The van der Waals surface area contributed by atoms with E-state index in [1.54, 1.807) is 19.2 Å². The molecule has 1 aromatic carbocycles. The van der Waals surface area contributed by atoms with Crippen molar-refractivity contribution < 1.29 is 9.53 Å². The molecule has 0 radical (unpaired) electrons. The van der Waals surface area contributed by atoms with Gasteiger partial charge in [-0.1, -0.05) is 37.8 Å². The number of amides is 1. The zero-order chi connectivity index (χ0) is 17.5. The van der Waals surface area contributed by atoms with Crippen molar-refractivity contribution in [2.24, 2.45) is 0 Å². The minimum Gasteiger partial charge on any atom is -0.495 e. The van der Waals surface area contributed by atoms with Gasteiger partial charge in [-0.25, -0.2) is 0 Å². The fourth-order valence-corrected chi connectivity index (χ4v) is 3.09. The molecule has 3 rings (SSSR count). The van der Waals surface area contributed by atoms with Crippen LogP contribution < -0.4 is 15.4 Å². The van der Waals surface area contributed by atoms with Crippen molar-refractivity contribution in [3.63, 3.8) is 0 Å². The maximum Gasteiger partial charge on any atom is 0.272 e. The van der Waals surface area contributed by atoms with Crippen molar-refractivity contribution in [2.45, 2.75) is 44.6 Å². The zero-order valence-electron chi connectivity index (χ0n) is 14.5. The minimum absolute atomic E-state index is 0.150. The van der Waals surface area contributed by atoms with Crippen molar-refractivity contribution >= 4 is 17.4 Å². The summed E-state index contributed by atoms with van der Waals surface area (Å²) in [6.07, 6.45) is 6.97. The Kier molecular flexibility index (Phi) is 5.82. The first-order chi connectivity index (χ1) is 12.3. The number of ether oxygens (including phenoxy) is 1. The van der Waals surface area contributed by atoms with Crippen LogP contribution in [0, 0.1) is 0 Å². The van der Waals surface area contributed by atoms with Gasteiger partial charge in [0, 0.05) is 6.04 Å². The molecule has 2 aromatic rings.